The monoisotopic (exact) mass is 490 g/mol. The van der Waals surface area contributed by atoms with Crippen molar-refractivity contribution in [2.24, 2.45) is 10.9 Å². The molecule has 2 aromatic carbocycles. The average Bonchev–Trinajstić information content (AvgIpc) is 3.24. The van der Waals surface area contributed by atoms with Crippen LogP contribution in [0, 0.1) is 0 Å². The number of carbonyl (C=O) groups excluding carboxylic acids is 1. The molecule has 2 amide bonds. The first kappa shape index (κ1) is 23.2. The van der Waals surface area contributed by atoms with Gasteiger partial charge in [0.1, 0.15) is 5.69 Å². The summed E-state index contributed by atoms with van der Waals surface area (Å²) >= 11 is 6.03. The standard InChI is InChI=1S/C22H23ClN4O5S/c23-16-7-1-13(2-8-16)19-20(14-5-11-18(12-6-14)33(25,30)31)32-21(26-19)15-3-9-17(10-4-15)27(29)22(24)28/h1-2,5-8,11-12,15,17,29H,3-4,9-10H2,(H2,24,28)(H2,25,30,31). The zero-order valence-electron chi connectivity index (χ0n) is 17.5. The third-order valence-corrected chi connectivity index (χ3v) is 7.01. The highest BCUT2D eigenvalue weighted by Gasteiger charge is 2.31. The maximum Gasteiger partial charge on any atom is 0.338 e. The molecule has 0 unspecified atom stereocenters. The number of halogens is 1. The summed E-state index contributed by atoms with van der Waals surface area (Å²) in [5.74, 6) is 1.02. The number of oxazole rings is 1. The summed E-state index contributed by atoms with van der Waals surface area (Å²) in [6.45, 7) is 0. The van der Waals surface area contributed by atoms with Crippen LogP contribution in [0.25, 0.3) is 22.6 Å². The molecule has 0 saturated heterocycles. The molecule has 1 aromatic heterocycles. The van der Waals surface area contributed by atoms with Crippen LogP contribution < -0.4 is 10.9 Å². The van der Waals surface area contributed by atoms with E-state index in [4.69, 9.17) is 31.9 Å². The van der Waals surface area contributed by atoms with E-state index in [1.807, 2.05) is 12.1 Å². The van der Waals surface area contributed by atoms with Crippen molar-refractivity contribution in [2.45, 2.75) is 42.5 Å². The molecule has 1 aliphatic rings. The molecule has 1 aliphatic carbocycles. The molecule has 3 aromatic rings. The molecular weight excluding hydrogens is 468 g/mol. The van der Waals surface area contributed by atoms with Crippen LogP contribution in [0.3, 0.4) is 0 Å². The lowest BCUT2D eigenvalue weighted by molar-refractivity contribution is -0.0854. The van der Waals surface area contributed by atoms with Gasteiger partial charge in [-0.2, -0.15) is 0 Å². The molecule has 174 valence electrons. The Morgan fingerprint density at radius 2 is 1.61 bits per heavy atom. The number of aromatic nitrogens is 1. The number of primary amides is 1. The first-order valence-electron chi connectivity index (χ1n) is 10.3. The van der Waals surface area contributed by atoms with Crippen molar-refractivity contribution < 1.29 is 22.8 Å². The SMILES string of the molecule is NC(=O)N(O)C1CCC(c2nc(-c3ccc(Cl)cc3)c(-c3ccc(S(N)(=O)=O)cc3)o2)CC1. The minimum absolute atomic E-state index is 0.000336. The molecule has 1 fully saturated rings. The zero-order valence-corrected chi connectivity index (χ0v) is 19.1. The Bertz CT molecular complexity index is 1250. The summed E-state index contributed by atoms with van der Waals surface area (Å²) in [5, 5.41) is 16.2. The smallest absolute Gasteiger partial charge is 0.338 e. The van der Waals surface area contributed by atoms with E-state index in [0.717, 1.165) is 5.56 Å². The van der Waals surface area contributed by atoms with E-state index in [1.165, 1.54) is 12.1 Å². The predicted octanol–water partition coefficient (Wildman–Crippen LogP) is 4.11. The molecule has 0 radical (unpaired) electrons. The van der Waals surface area contributed by atoms with Crippen LogP contribution in [0.15, 0.2) is 57.8 Å². The summed E-state index contributed by atoms with van der Waals surface area (Å²) in [7, 11) is -3.82. The van der Waals surface area contributed by atoms with Crippen molar-refractivity contribution in [3.63, 3.8) is 0 Å². The Morgan fingerprint density at radius 1 is 1.03 bits per heavy atom. The Hall–Kier alpha value is -2.92. The molecule has 4 rings (SSSR count). The molecule has 0 spiro atoms. The number of benzene rings is 2. The van der Waals surface area contributed by atoms with Gasteiger partial charge in [-0.1, -0.05) is 23.7 Å². The largest absolute Gasteiger partial charge is 0.440 e. The van der Waals surface area contributed by atoms with Crippen LogP contribution in [-0.2, 0) is 10.0 Å². The molecule has 0 bridgehead atoms. The van der Waals surface area contributed by atoms with Crippen LogP contribution in [0.2, 0.25) is 5.02 Å². The third kappa shape index (κ3) is 5.03. The number of hydrogen-bond acceptors (Lipinski definition) is 6. The van der Waals surface area contributed by atoms with Gasteiger partial charge in [0, 0.05) is 22.1 Å². The molecule has 9 nitrogen and oxygen atoms in total. The number of nitrogens with zero attached hydrogens (tertiary/aromatic N) is 2. The van der Waals surface area contributed by atoms with Crippen LogP contribution in [0.5, 0.6) is 0 Å². The molecule has 0 aliphatic heterocycles. The topological polar surface area (TPSA) is 153 Å². The Balaban J connectivity index is 1.68. The van der Waals surface area contributed by atoms with E-state index in [0.29, 0.717) is 58.7 Å². The number of nitrogens with two attached hydrogens (primary N) is 2. The number of hydrogen-bond donors (Lipinski definition) is 3. The van der Waals surface area contributed by atoms with Crippen LogP contribution in [-0.4, -0.2) is 35.7 Å². The minimum Gasteiger partial charge on any atom is -0.440 e. The first-order valence-corrected chi connectivity index (χ1v) is 12.2. The fourth-order valence-electron chi connectivity index (χ4n) is 4.05. The van der Waals surface area contributed by atoms with Crippen molar-refractivity contribution in [3.8, 4) is 22.6 Å². The lowest BCUT2D eigenvalue weighted by atomic mass is 9.86. The Labute approximate surface area is 196 Å². The number of hydroxylamine groups is 2. The van der Waals surface area contributed by atoms with Gasteiger partial charge in [0.15, 0.2) is 11.7 Å². The number of carbonyl (C=O) groups is 1. The van der Waals surface area contributed by atoms with Gasteiger partial charge in [-0.05, 0) is 62.1 Å². The third-order valence-electron chi connectivity index (χ3n) is 5.82. The van der Waals surface area contributed by atoms with Gasteiger partial charge in [-0.15, -0.1) is 0 Å². The van der Waals surface area contributed by atoms with E-state index in [1.54, 1.807) is 24.3 Å². The number of amides is 2. The summed E-state index contributed by atoms with van der Waals surface area (Å²) in [4.78, 5) is 16.0. The maximum absolute atomic E-state index is 11.6. The molecular formula is C22H23ClN4O5S. The molecule has 11 heteroatoms. The highest BCUT2D eigenvalue weighted by atomic mass is 35.5. The molecule has 1 heterocycles. The number of rotatable bonds is 5. The zero-order chi connectivity index (χ0) is 23.8. The van der Waals surface area contributed by atoms with E-state index >= 15 is 0 Å². The normalized spacial score (nSPS) is 18.8. The fourth-order valence-corrected chi connectivity index (χ4v) is 4.70. The summed E-state index contributed by atoms with van der Waals surface area (Å²) in [6.07, 6.45) is 2.42. The second kappa shape index (κ2) is 9.14. The number of primary sulfonamides is 1. The van der Waals surface area contributed by atoms with E-state index in [2.05, 4.69) is 0 Å². The van der Waals surface area contributed by atoms with Gasteiger partial charge in [0.25, 0.3) is 0 Å². The van der Waals surface area contributed by atoms with E-state index < -0.39 is 16.1 Å². The van der Waals surface area contributed by atoms with Gasteiger partial charge in [-0.3, -0.25) is 5.21 Å². The summed E-state index contributed by atoms with van der Waals surface area (Å²) < 4.78 is 29.4. The fraction of sp³-hybridized carbons (Fsp3) is 0.273. The molecule has 1 saturated carbocycles. The van der Waals surface area contributed by atoms with Gasteiger partial charge in [-0.25, -0.2) is 28.4 Å². The summed E-state index contributed by atoms with van der Waals surface area (Å²) in [6, 6.07) is 12.0. The quantitative estimate of drug-likeness (QED) is 0.361. The maximum atomic E-state index is 11.6. The first-order chi connectivity index (χ1) is 15.6. The lowest BCUT2D eigenvalue weighted by Gasteiger charge is -2.30. The van der Waals surface area contributed by atoms with Crippen molar-refractivity contribution in [2.75, 3.05) is 0 Å². The predicted molar refractivity (Wildman–Crippen MR) is 122 cm³/mol. The lowest BCUT2D eigenvalue weighted by Crippen LogP contribution is -2.42. The minimum atomic E-state index is -3.82. The van der Waals surface area contributed by atoms with Crippen LogP contribution >= 0.6 is 11.6 Å². The Kier molecular flexibility index (Phi) is 6.44. The highest BCUT2D eigenvalue weighted by Crippen LogP contribution is 2.40. The second-order valence-electron chi connectivity index (χ2n) is 7.99. The van der Waals surface area contributed by atoms with Crippen LogP contribution in [0.1, 0.15) is 37.5 Å². The van der Waals surface area contributed by atoms with Gasteiger partial charge in [0.2, 0.25) is 10.0 Å². The van der Waals surface area contributed by atoms with E-state index in [-0.39, 0.29) is 16.9 Å². The van der Waals surface area contributed by atoms with Gasteiger partial charge < -0.3 is 10.2 Å². The van der Waals surface area contributed by atoms with Crippen molar-refractivity contribution in [3.05, 3.63) is 59.4 Å². The van der Waals surface area contributed by atoms with Crippen molar-refractivity contribution in [1.29, 1.82) is 0 Å². The van der Waals surface area contributed by atoms with Crippen molar-refractivity contribution >= 4 is 27.7 Å². The molecule has 0 atom stereocenters. The van der Waals surface area contributed by atoms with Crippen LogP contribution in [0.4, 0.5) is 4.79 Å². The van der Waals surface area contributed by atoms with Gasteiger partial charge >= 0.3 is 6.03 Å². The average molecular weight is 491 g/mol. The second-order valence-corrected chi connectivity index (χ2v) is 9.99. The van der Waals surface area contributed by atoms with Crippen molar-refractivity contribution in [1.82, 2.24) is 10.0 Å². The van der Waals surface area contributed by atoms with Gasteiger partial charge in [0.05, 0.1) is 10.9 Å². The number of sulfonamides is 1. The molecule has 33 heavy (non-hydrogen) atoms. The molecule has 5 N–H and O–H groups in total. The number of urea groups is 1. The summed E-state index contributed by atoms with van der Waals surface area (Å²) in [5.41, 5.74) is 7.21. The Morgan fingerprint density at radius 3 is 2.15 bits per heavy atom. The highest BCUT2D eigenvalue weighted by molar-refractivity contribution is 7.89. The van der Waals surface area contributed by atoms with E-state index in [9.17, 15) is 18.4 Å².